The maximum absolute atomic E-state index is 11.8. The Balaban J connectivity index is 2.23. The van der Waals surface area contributed by atoms with E-state index < -0.39 is 5.97 Å². The third-order valence-electron chi connectivity index (χ3n) is 2.88. The van der Waals surface area contributed by atoms with Crippen LogP contribution in [0.4, 0.5) is 0 Å². The van der Waals surface area contributed by atoms with Gasteiger partial charge in [0.05, 0.1) is 13.0 Å². The predicted octanol–water partition coefficient (Wildman–Crippen LogP) is 2.09. The highest BCUT2D eigenvalue weighted by molar-refractivity contribution is 5.76. The van der Waals surface area contributed by atoms with E-state index in [1.54, 1.807) is 11.9 Å². The van der Waals surface area contributed by atoms with Crippen LogP contribution in [0.25, 0.3) is 0 Å². The first-order valence-corrected chi connectivity index (χ1v) is 6.64. The molecule has 0 heterocycles. The lowest BCUT2D eigenvalue weighted by Crippen LogP contribution is -2.29. The summed E-state index contributed by atoms with van der Waals surface area (Å²) in [5.41, 5.74) is 1.11. The van der Waals surface area contributed by atoms with Gasteiger partial charge in [0.1, 0.15) is 5.75 Å². The summed E-state index contributed by atoms with van der Waals surface area (Å²) < 4.78 is 5.51. The van der Waals surface area contributed by atoms with Gasteiger partial charge in [0, 0.05) is 20.0 Å². The number of aryl methyl sites for hydroxylation is 1. The number of benzene rings is 1. The molecule has 1 N–H and O–H groups in total. The molecule has 20 heavy (non-hydrogen) atoms. The van der Waals surface area contributed by atoms with E-state index in [2.05, 4.69) is 0 Å². The molecule has 5 heteroatoms. The minimum Gasteiger partial charge on any atom is -0.493 e. The van der Waals surface area contributed by atoms with Crippen LogP contribution in [-0.2, 0) is 9.59 Å². The summed E-state index contributed by atoms with van der Waals surface area (Å²) in [5.74, 6) is -0.122. The quantitative estimate of drug-likeness (QED) is 0.791. The molecule has 0 saturated carbocycles. The Bertz CT molecular complexity index is 459. The van der Waals surface area contributed by atoms with Gasteiger partial charge in [-0.05, 0) is 31.0 Å². The number of carbonyl (C=O) groups excluding carboxylic acids is 1. The summed E-state index contributed by atoms with van der Waals surface area (Å²) >= 11 is 0. The molecule has 0 atom stereocenters. The average molecular weight is 279 g/mol. The zero-order valence-corrected chi connectivity index (χ0v) is 12.0. The van der Waals surface area contributed by atoms with Crippen molar-refractivity contribution in [1.29, 1.82) is 0 Å². The fourth-order valence-corrected chi connectivity index (χ4v) is 1.74. The van der Waals surface area contributed by atoms with Gasteiger partial charge in [-0.1, -0.05) is 12.1 Å². The van der Waals surface area contributed by atoms with E-state index in [0.717, 1.165) is 11.3 Å². The zero-order chi connectivity index (χ0) is 15.0. The van der Waals surface area contributed by atoms with E-state index in [1.165, 1.54) is 0 Å². The summed E-state index contributed by atoms with van der Waals surface area (Å²) in [6, 6.07) is 7.66. The molecular formula is C15H21NO4. The van der Waals surface area contributed by atoms with E-state index >= 15 is 0 Å². The smallest absolute Gasteiger partial charge is 0.303 e. The molecule has 1 aromatic rings. The second kappa shape index (κ2) is 8.19. The molecule has 0 saturated heterocycles. The van der Waals surface area contributed by atoms with Crippen molar-refractivity contribution < 1.29 is 19.4 Å². The maximum atomic E-state index is 11.8. The van der Waals surface area contributed by atoms with E-state index in [1.807, 2.05) is 31.2 Å². The summed E-state index contributed by atoms with van der Waals surface area (Å²) in [6.45, 7) is 2.76. The first kappa shape index (κ1) is 16.0. The molecule has 1 rings (SSSR count). The summed E-state index contributed by atoms with van der Waals surface area (Å²) in [5, 5.41) is 8.53. The first-order chi connectivity index (χ1) is 9.49. The molecule has 0 unspecified atom stereocenters. The van der Waals surface area contributed by atoms with Gasteiger partial charge < -0.3 is 14.7 Å². The summed E-state index contributed by atoms with van der Waals surface area (Å²) in [6.07, 6.45) is 0.839. The van der Waals surface area contributed by atoms with Crippen molar-refractivity contribution in [2.45, 2.75) is 26.2 Å². The van der Waals surface area contributed by atoms with Crippen molar-refractivity contribution in [1.82, 2.24) is 4.90 Å². The number of hydrogen-bond acceptors (Lipinski definition) is 3. The second-order valence-corrected chi connectivity index (χ2v) is 4.73. The SMILES string of the molecule is Cc1cccc(OCCC(=O)N(C)CCCC(=O)O)c1. The van der Waals surface area contributed by atoms with Gasteiger partial charge in [0.25, 0.3) is 0 Å². The number of ether oxygens (including phenoxy) is 1. The molecule has 1 amide bonds. The molecule has 5 nitrogen and oxygen atoms in total. The highest BCUT2D eigenvalue weighted by Gasteiger charge is 2.09. The number of nitrogens with zero attached hydrogens (tertiary/aromatic N) is 1. The average Bonchev–Trinajstić information content (AvgIpc) is 2.38. The van der Waals surface area contributed by atoms with Crippen molar-refractivity contribution in [3.63, 3.8) is 0 Å². The molecule has 0 aliphatic carbocycles. The molecular weight excluding hydrogens is 258 g/mol. The number of hydrogen-bond donors (Lipinski definition) is 1. The Morgan fingerprint density at radius 1 is 1.30 bits per heavy atom. The van der Waals surface area contributed by atoms with E-state index in [-0.39, 0.29) is 18.7 Å². The molecule has 0 aliphatic heterocycles. The van der Waals surface area contributed by atoms with Crippen molar-refractivity contribution in [2.75, 3.05) is 20.2 Å². The third kappa shape index (κ3) is 6.22. The Hall–Kier alpha value is -2.04. The normalized spacial score (nSPS) is 10.1. The standard InChI is InChI=1S/C15H21NO4/c1-12-5-3-6-13(11-12)20-10-8-14(17)16(2)9-4-7-15(18)19/h3,5-6,11H,4,7-10H2,1-2H3,(H,18,19). The summed E-state index contributed by atoms with van der Waals surface area (Å²) in [4.78, 5) is 23.7. The van der Waals surface area contributed by atoms with Crippen molar-refractivity contribution >= 4 is 11.9 Å². The van der Waals surface area contributed by atoms with Crippen LogP contribution in [0.5, 0.6) is 5.75 Å². The zero-order valence-electron chi connectivity index (χ0n) is 12.0. The molecule has 0 aromatic heterocycles. The van der Waals surface area contributed by atoms with Crippen LogP contribution in [0.3, 0.4) is 0 Å². The monoisotopic (exact) mass is 279 g/mol. The van der Waals surface area contributed by atoms with Gasteiger partial charge in [0.15, 0.2) is 0 Å². The molecule has 0 fully saturated rings. The lowest BCUT2D eigenvalue weighted by atomic mass is 10.2. The van der Waals surface area contributed by atoms with Crippen molar-refractivity contribution in [3.05, 3.63) is 29.8 Å². The maximum Gasteiger partial charge on any atom is 0.303 e. The van der Waals surface area contributed by atoms with Crippen LogP contribution in [0.15, 0.2) is 24.3 Å². The number of carbonyl (C=O) groups is 2. The van der Waals surface area contributed by atoms with Crippen molar-refractivity contribution in [3.8, 4) is 5.75 Å². The first-order valence-electron chi connectivity index (χ1n) is 6.64. The van der Waals surface area contributed by atoms with Crippen molar-refractivity contribution in [2.24, 2.45) is 0 Å². The minimum absolute atomic E-state index is 0.0389. The number of amides is 1. The fourth-order valence-electron chi connectivity index (χ4n) is 1.74. The largest absolute Gasteiger partial charge is 0.493 e. The van der Waals surface area contributed by atoms with Gasteiger partial charge in [-0.3, -0.25) is 9.59 Å². The Morgan fingerprint density at radius 2 is 2.05 bits per heavy atom. The Kier molecular flexibility index (Phi) is 6.56. The molecule has 0 aliphatic rings. The molecule has 0 bridgehead atoms. The van der Waals surface area contributed by atoms with Crippen LogP contribution in [0.1, 0.15) is 24.8 Å². The van der Waals surface area contributed by atoms with Gasteiger partial charge >= 0.3 is 5.97 Å². The number of carboxylic acid groups (broad SMARTS) is 1. The van der Waals surface area contributed by atoms with E-state index in [9.17, 15) is 9.59 Å². The van der Waals surface area contributed by atoms with Gasteiger partial charge in [-0.2, -0.15) is 0 Å². The molecule has 110 valence electrons. The second-order valence-electron chi connectivity index (χ2n) is 4.73. The van der Waals surface area contributed by atoms with Crippen LogP contribution in [0, 0.1) is 6.92 Å². The molecule has 0 radical (unpaired) electrons. The topological polar surface area (TPSA) is 66.8 Å². The highest BCUT2D eigenvalue weighted by atomic mass is 16.5. The van der Waals surface area contributed by atoms with Crippen LogP contribution in [0.2, 0.25) is 0 Å². The Labute approximate surface area is 119 Å². The lowest BCUT2D eigenvalue weighted by molar-refractivity contribution is -0.138. The Morgan fingerprint density at radius 3 is 2.70 bits per heavy atom. The van der Waals surface area contributed by atoms with Gasteiger partial charge in [0.2, 0.25) is 5.91 Å². The minimum atomic E-state index is -0.839. The number of aliphatic carboxylic acids is 1. The van der Waals surface area contributed by atoms with Crippen LogP contribution >= 0.6 is 0 Å². The highest BCUT2D eigenvalue weighted by Crippen LogP contribution is 2.12. The predicted molar refractivity (Wildman–Crippen MR) is 75.8 cm³/mol. The van der Waals surface area contributed by atoms with Gasteiger partial charge in [-0.25, -0.2) is 0 Å². The third-order valence-corrected chi connectivity index (χ3v) is 2.88. The van der Waals surface area contributed by atoms with Crippen LogP contribution < -0.4 is 4.74 Å². The molecule has 1 aromatic carbocycles. The van der Waals surface area contributed by atoms with E-state index in [4.69, 9.17) is 9.84 Å². The molecule has 0 spiro atoms. The summed E-state index contributed by atoms with van der Waals surface area (Å²) in [7, 11) is 1.68. The number of rotatable bonds is 8. The van der Waals surface area contributed by atoms with Crippen LogP contribution in [-0.4, -0.2) is 42.1 Å². The van der Waals surface area contributed by atoms with Gasteiger partial charge in [-0.15, -0.1) is 0 Å². The van der Waals surface area contributed by atoms with E-state index in [0.29, 0.717) is 19.6 Å². The number of carboxylic acids is 1. The lowest BCUT2D eigenvalue weighted by Gasteiger charge is -2.16. The fraction of sp³-hybridized carbons (Fsp3) is 0.467.